The Hall–Kier alpha value is -4.20. The molecule has 0 aliphatic carbocycles. The second kappa shape index (κ2) is 6.75. The molecule has 29 heavy (non-hydrogen) atoms. The molecule has 3 aromatic heterocycles. The number of carbonyl (C=O) groups excluding carboxylic acids is 1. The maximum Gasteiger partial charge on any atom is 0.328 e. The number of anilines is 1. The summed E-state index contributed by atoms with van der Waals surface area (Å²) in [5, 5.41) is 3.79. The largest absolute Gasteiger partial charge is 0.454 e. The molecule has 0 saturated heterocycles. The normalized spacial score (nSPS) is 11.2. The predicted molar refractivity (Wildman–Crippen MR) is 109 cm³/mol. The number of amides is 1. The van der Waals surface area contributed by atoms with E-state index in [1.165, 1.54) is 10.9 Å². The van der Waals surface area contributed by atoms with Crippen LogP contribution in [0.3, 0.4) is 0 Å². The number of aromatic nitrogens is 4. The Morgan fingerprint density at radius 3 is 2.69 bits per heavy atom. The summed E-state index contributed by atoms with van der Waals surface area (Å²) in [5.41, 5.74) is 8.83. The third-order valence-corrected chi connectivity index (χ3v) is 4.58. The summed E-state index contributed by atoms with van der Waals surface area (Å²) in [5.74, 6) is 0.547. The molecule has 3 heterocycles. The lowest BCUT2D eigenvalue weighted by molar-refractivity contribution is 0.242. The summed E-state index contributed by atoms with van der Waals surface area (Å²) >= 11 is 0. The van der Waals surface area contributed by atoms with Crippen molar-refractivity contribution in [1.82, 2.24) is 24.8 Å². The van der Waals surface area contributed by atoms with Gasteiger partial charge in [0.1, 0.15) is 23.1 Å². The first kappa shape index (κ1) is 16.9. The lowest BCUT2D eigenvalue weighted by atomic mass is 10.2. The van der Waals surface area contributed by atoms with Gasteiger partial charge in [-0.2, -0.15) is 4.98 Å². The highest BCUT2D eigenvalue weighted by Crippen LogP contribution is 2.30. The van der Waals surface area contributed by atoms with Gasteiger partial charge in [0.05, 0.1) is 0 Å². The van der Waals surface area contributed by atoms with Gasteiger partial charge >= 0.3 is 6.03 Å². The molecule has 8 heteroatoms. The monoisotopic (exact) mass is 384 g/mol. The van der Waals surface area contributed by atoms with Crippen LogP contribution in [0.25, 0.3) is 33.6 Å². The minimum atomic E-state index is -0.356. The number of carbonyl (C=O) groups is 1. The molecular weight excluding hydrogens is 368 g/mol. The van der Waals surface area contributed by atoms with Crippen molar-refractivity contribution >= 4 is 34.1 Å². The number of fused-ring (bicyclic) bond motifs is 2. The minimum absolute atomic E-state index is 0.0329. The van der Waals surface area contributed by atoms with Crippen molar-refractivity contribution in [2.24, 2.45) is 0 Å². The highest BCUT2D eigenvalue weighted by molar-refractivity contribution is 5.95. The zero-order valence-electron chi connectivity index (χ0n) is 15.2. The topological polar surface area (TPSA) is 112 Å². The summed E-state index contributed by atoms with van der Waals surface area (Å²) in [6, 6.07) is 18.8. The first-order valence-corrected chi connectivity index (χ1v) is 9.01. The van der Waals surface area contributed by atoms with Gasteiger partial charge in [-0.1, -0.05) is 48.5 Å². The van der Waals surface area contributed by atoms with Crippen molar-refractivity contribution in [2.45, 2.75) is 6.54 Å². The molecular formula is C21H16N6O2. The Bertz CT molecular complexity index is 1310. The molecule has 0 spiro atoms. The number of hydrogen-bond acceptors (Lipinski definition) is 6. The van der Waals surface area contributed by atoms with Crippen LogP contribution >= 0.6 is 0 Å². The van der Waals surface area contributed by atoms with Crippen LogP contribution in [-0.2, 0) is 6.54 Å². The van der Waals surface area contributed by atoms with Crippen molar-refractivity contribution in [1.29, 1.82) is 0 Å². The van der Waals surface area contributed by atoms with Gasteiger partial charge in [-0.25, -0.2) is 19.3 Å². The molecule has 0 bridgehead atoms. The van der Waals surface area contributed by atoms with Gasteiger partial charge in [-0.15, -0.1) is 0 Å². The van der Waals surface area contributed by atoms with Crippen molar-refractivity contribution in [3.8, 4) is 11.5 Å². The maximum absolute atomic E-state index is 12.7. The third-order valence-electron chi connectivity index (χ3n) is 4.58. The molecule has 142 valence electrons. The number of nitrogen functional groups attached to an aromatic ring is 1. The molecule has 0 aliphatic rings. The molecule has 0 saturated carbocycles. The fraction of sp³-hybridized carbons (Fsp3) is 0.0476. The van der Waals surface area contributed by atoms with Gasteiger partial charge in [0.2, 0.25) is 5.95 Å². The number of benzene rings is 2. The van der Waals surface area contributed by atoms with Gasteiger partial charge < -0.3 is 15.5 Å². The molecule has 5 rings (SSSR count). The number of rotatable bonds is 3. The molecule has 8 nitrogen and oxygen atoms in total. The van der Waals surface area contributed by atoms with E-state index in [0.717, 1.165) is 16.5 Å². The number of imidazole rings is 1. The average molecular weight is 384 g/mol. The number of para-hydroxylation sites is 1. The second-order valence-electron chi connectivity index (χ2n) is 6.51. The van der Waals surface area contributed by atoms with Crippen molar-refractivity contribution in [3.05, 3.63) is 72.6 Å². The third kappa shape index (κ3) is 3.06. The summed E-state index contributed by atoms with van der Waals surface area (Å²) in [7, 11) is 0. The fourth-order valence-corrected chi connectivity index (χ4v) is 3.19. The van der Waals surface area contributed by atoms with Crippen LogP contribution in [0.1, 0.15) is 5.56 Å². The van der Waals surface area contributed by atoms with Crippen LogP contribution in [0.15, 0.2) is 71.4 Å². The zero-order valence-corrected chi connectivity index (χ0v) is 15.2. The summed E-state index contributed by atoms with van der Waals surface area (Å²) in [6.07, 6.45) is 1.41. The molecule has 0 fully saturated rings. The van der Waals surface area contributed by atoms with Crippen LogP contribution in [0.4, 0.5) is 10.7 Å². The molecule has 0 radical (unpaired) electrons. The lowest BCUT2D eigenvalue weighted by Crippen LogP contribution is -2.27. The van der Waals surface area contributed by atoms with E-state index in [0.29, 0.717) is 29.2 Å². The molecule has 1 amide bonds. The fourth-order valence-electron chi connectivity index (χ4n) is 3.19. The van der Waals surface area contributed by atoms with E-state index < -0.39 is 0 Å². The van der Waals surface area contributed by atoms with Gasteiger partial charge in [0.15, 0.2) is 11.4 Å². The summed E-state index contributed by atoms with van der Waals surface area (Å²) in [4.78, 5) is 25.5. The summed E-state index contributed by atoms with van der Waals surface area (Å²) < 4.78 is 7.22. The summed E-state index contributed by atoms with van der Waals surface area (Å²) in [6.45, 7) is 0.385. The minimum Gasteiger partial charge on any atom is -0.454 e. The van der Waals surface area contributed by atoms with E-state index in [-0.39, 0.29) is 12.0 Å². The number of furan rings is 1. The number of nitrogens with zero attached hydrogens (tertiary/aromatic N) is 4. The first-order chi connectivity index (χ1) is 14.2. The lowest BCUT2D eigenvalue weighted by Gasteiger charge is -2.06. The van der Waals surface area contributed by atoms with Crippen molar-refractivity contribution in [2.75, 3.05) is 5.73 Å². The van der Waals surface area contributed by atoms with E-state index in [2.05, 4.69) is 20.3 Å². The second-order valence-corrected chi connectivity index (χ2v) is 6.51. The SMILES string of the molecule is Nc1nc(-c2cc3ccccc3o2)c2ncn(C(=O)NCc3ccccc3)c2n1. The standard InChI is InChI=1S/C21H16N6O2/c22-20-25-17(16-10-14-8-4-5-9-15(14)29-16)18-19(26-20)27(12-24-18)21(28)23-11-13-6-2-1-3-7-13/h1-10,12H,11H2,(H,23,28)(H2,22,25,26). The van der Waals surface area contributed by atoms with Crippen LogP contribution in [0.5, 0.6) is 0 Å². The average Bonchev–Trinajstić information content (AvgIpc) is 3.36. The number of hydrogen-bond donors (Lipinski definition) is 2. The Morgan fingerprint density at radius 1 is 1.07 bits per heavy atom. The Kier molecular flexibility index (Phi) is 3.94. The van der Waals surface area contributed by atoms with Gasteiger partial charge in [0.25, 0.3) is 0 Å². The van der Waals surface area contributed by atoms with E-state index in [1.807, 2.05) is 60.7 Å². The Morgan fingerprint density at radius 2 is 1.86 bits per heavy atom. The zero-order chi connectivity index (χ0) is 19.8. The van der Waals surface area contributed by atoms with E-state index in [9.17, 15) is 4.79 Å². The van der Waals surface area contributed by atoms with Gasteiger partial charge in [-0.05, 0) is 17.7 Å². The molecule has 0 aliphatic heterocycles. The molecule has 0 unspecified atom stereocenters. The van der Waals surface area contributed by atoms with Crippen LogP contribution in [0, 0.1) is 0 Å². The highest BCUT2D eigenvalue weighted by atomic mass is 16.3. The van der Waals surface area contributed by atoms with Gasteiger partial charge in [-0.3, -0.25) is 0 Å². The number of nitrogens with one attached hydrogen (secondary N) is 1. The smallest absolute Gasteiger partial charge is 0.328 e. The molecule has 2 aromatic carbocycles. The quantitative estimate of drug-likeness (QED) is 0.492. The van der Waals surface area contributed by atoms with Crippen molar-refractivity contribution in [3.63, 3.8) is 0 Å². The Labute approximate surface area is 165 Å². The maximum atomic E-state index is 12.7. The van der Waals surface area contributed by atoms with Crippen molar-refractivity contribution < 1.29 is 9.21 Å². The van der Waals surface area contributed by atoms with E-state index in [1.54, 1.807) is 0 Å². The van der Waals surface area contributed by atoms with E-state index in [4.69, 9.17) is 10.2 Å². The molecule has 0 atom stereocenters. The molecule has 3 N–H and O–H groups in total. The Balaban J connectivity index is 1.53. The predicted octanol–water partition coefficient (Wildman–Crippen LogP) is 3.58. The molecule has 5 aromatic rings. The van der Waals surface area contributed by atoms with E-state index >= 15 is 0 Å². The highest BCUT2D eigenvalue weighted by Gasteiger charge is 2.19. The van der Waals surface area contributed by atoms with Gasteiger partial charge in [0, 0.05) is 11.9 Å². The van der Waals surface area contributed by atoms with Crippen LogP contribution < -0.4 is 11.1 Å². The first-order valence-electron chi connectivity index (χ1n) is 9.01. The van der Waals surface area contributed by atoms with Crippen LogP contribution in [0.2, 0.25) is 0 Å². The van der Waals surface area contributed by atoms with Crippen LogP contribution in [-0.4, -0.2) is 25.6 Å². The number of nitrogens with two attached hydrogens (primary N) is 1.